The Balaban J connectivity index is 1.94. The van der Waals surface area contributed by atoms with Crippen molar-refractivity contribution in [2.45, 2.75) is 12.8 Å². The second-order valence-electron chi connectivity index (χ2n) is 4.08. The van der Waals surface area contributed by atoms with Gasteiger partial charge in [-0.3, -0.25) is 9.55 Å². The zero-order valence-electron chi connectivity index (χ0n) is 10.1. The van der Waals surface area contributed by atoms with Crippen molar-refractivity contribution in [1.29, 1.82) is 0 Å². The van der Waals surface area contributed by atoms with Gasteiger partial charge in [0.1, 0.15) is 12.4 Å². The average molecular weight is 279 g/mol. The lowest BCUT2D eigenvalue weighted by Crippen LogP contribution is -1.97. The van der Waals surface area contributed by atoms with Gasteiger partial charge in [-0.15, -0.1) is 0 Å². The zero-order valence-corrected chi connectivity index (χ0v) is 11.0. The van der Waals surface area contributed by atoms with Crippen LogP contribution >= 0.6 is 7.60 Å². The highest BCUT2D eigenvalue weighted by atomic mass is 31.2. The lowest BCUT2D eigenvalue weighted by molar-refractivity contribution is 0.304. The summed E-state index contributed by atoms with van der Waals surface area (Å²) >= 11 is 0. The minimum absolute atomic E-state index is 0.348. The van der Waals surface area contributed by atoms with E-state index in [0.717, 1.165) is 5.56 Å². The maximum absolute atomic E-state index is 10.8. The molecule has 0 radical (unpaired) electrons. The molecule has 1 aromatic heterocycles. The first-order valence-corrected chi connectivity index (χ1v) is 7.49. The fourth-order valence-electron chi connectivity index (χ4n) is 1.54. The highest BCUT2D eigenvalue weighted by Crippen LogP contribution is 2.38. The van der Waals surface area contributed by atoms with E-state index in [2.05, 4.69) is 4.98 Å². The molecule has 2 N–H and O–H groups in total. The van der Waals surface area contributed by atoms with Crippen molar-refractivity contribution < 1.29 is 19.1 Å². The largest absolute Gasteiger partial charge is 0.487 e. The van der Waals surface area contributed by atoms with E-state index in [4.69, 9.17) is 14.5 Å². The summed E-state index contributed by atoms with van der Waals surface area (Å²) in [7, 11) is -4.07. The van der Waals surface area contributed by atoms with E-state index in [9.17, 15) is 4.57 Å². The molecule has 0 fully saturated rings. The molecule has 100 valence electrons. The molecule has 0 saturated carbocycles. The normalized spacial score (nSPS) is 11.3. The SMILES string of the molecule is O=P(O)(O)Cc1ccc(OCc2ccccc2)cn1. The number of rotatable bonds is 5. The van der Waals surface area contributed by atoms with Crippen LogP contribution in [0.3, 0.4) is 0 Å². The summed E-state index contributed by atoms with van der Waals surface area (Å²) < 4.78 is 16.3. The van der Waals surface area contributed by atoms with Crippen LogP contribution in [-0.2, 0) is 17.3 Å². The first-order valence-electron chi connectivity index (χ1n) is 5.69. The van der Waals surface area contributed by atoms with Crippen LogP contribution < -0.4 is 4.74 Å². The first-order chi connectivity index (χ1) is 9.03. The number of hydrogen-bond acceptors (Lipinski definition) is 3. The third-order valence-corrected chi connectivity index (χ3v) is 3.15. The number of nitrogens with zero attached hydrogens (tertiary/aromatic N) is 1. The van der Waals surface area contributed by atoms with Gasteiger partial charge >= 0.3 is 7.60 Å². The first kappa shape index (κ1) is 13.7. The standard InChI is InChI=1S/C13H14NO4P/c15-19(16,17)10-12-6-7-13(8-14-12)18-9-11-4-2-1-3-5-11/h1-8H,9-10H2,(H2,15,16,17). The van der Waals surface area contributed by atoms with Crippen LogP contribution in [-0.4, -0.2) is 14.8 Å². The molecule has 5 nitrogen and oxygen atoms in total. The Morgan fingerprint density at radius 3 is 2.42 bits per heavy atom. The van der Waals surface area contributed by atoms with Crippen LogP contribution in [0.1, 0.15) is 11.3 Å². The van der Waals surface area contributed by atoms with E-state index in [1.165, 1.54) is 6.20 Å². The Morgan fingerprint density at radius 1 is 1.11 bits per heavy atom. The lowest BCUT2D eigenvalue weighted by Gasteiger charge is -2.07. The van der Waals surface area contributed by atoms with Gasteiger partial charge in [-0.2, -0.15) is 0 Å². The molecule has 0 amide bonds. The highest BCUT2D eigenvalue weighted by Gasteiger charge is 2.14. The van der Waals surface area contributed by atoms with E-state index < -0.39 is 7.60 Å². The molecule has 1 aromatic carbocycles. The Labute approximate surface area is 111 Å². The van der Waals surface area contributed by atoms with Crippen LogP contribution in [0.25, 0.3) is 0 Å². The molecule has 0 spiro atoms. The number of hydrogen-bond donors (Lipinski definition) is 2. The number of aromatic nitrogens is 1. The predicted octanol–water partition coefficient (Wildman–Crippen LogP) is 2.34. The van der Waals surface area contributed by atoms with Crippen molar-refractivity contribution >= 4 is 7.60 Å². The summed E-state index contributed by atoms with van der Waals surface area (Å²) in [4.78, 5) is 21.6. The second kappa shape index (κ2) is 5.97. The summed E-state index contributed by atoms with van der Waals surface area (Å²) in [6.45, 7) is 0.431. The van der Waals surface area contributed by atoms with Gasteiger partial charge in [-0.25, -0.2) is 0 Å². The molecule has 0 unspecified atom stereocenters. The quantitative estimate of drug-likeness (QED) is 0.821. The van der Waals surface area contributed by atoms with Crippen LogP contribution in [0, 0.1) is 0 Å². The minimum Gasteiger partial charge on any atom is -0.487 e. The molecular weight excluding hydrogens is 265 g/mol. The predicted molar refractivity (Wildman–Crippen MR) is 70.8 cm³/mol. The average Bonchev–Trinajstić information content (AvgIpc) is 2.37. The molecule has 2 rings (SSSR count). The van der Waals surface area contributed by atoms with E-state index >= 15 is 0 Å². The smallest absolute Gasteiger partial charge is 0.331 e. The lowest BCUT2D eigenvalue weighted by atomic mass is 10.2. The van der Waals surface area contributed by atoms with Crippen molar-refractivity contribution in [3.8, 4) is 5.75 Å². The molecule has 0 saturated heterocycles. The fraction of sp³-hybridized carbons (Fsp3) is 0.154. The van der Waals surface area contributed by atoms with Gasteiger partial charge in [0.05, 0.1) is 18.1 Å². The number of benzene rings is 1. The van der Waals surface area contributed by atoms with Crippen molar-refractivity contribution in [3.63, 3.8) is 0 Å². The molecule has 0 bridgehead atoms. The van der Waals surface area contributed by atoms with Gasteiger partial charge in [0.25, 0.3) is 0 Å². The fourth-order valence-corrected chi connectivity index (χ4v) is 2.15. The third-order valence-electron chi connectivity index (χ3n) is 2.41. The van der Waals surface area contributed by atoms with Crippen LogP contribution in [0.15, 0.2) is 48.7 Å². The summed E-state index contributed by atoms with van der Waals surface area (Å²) in [5, 5.41) is 0. The topological polar surface area (TPSA) is 79.7 Å². The number of pyridine rings is 1. The zero-order chi connectivity index (χ0) is 13.7. The third kappa shape index (κ3) is 4.83. The van der Waals surface area contributed by atoms with Crippen molar-refractivity contribution in [1.82, 2.24) is 4.98 Å². The monoisotopic (exact) mass is 279 g/mol. The summed E-state index contributed by atoms with van der Waals surface area (Å²) in [5.41, 5.74) is 1.39. The molecule has 0 aliphatic rings. The van der Waals surface area contributed by atoms with Crippen molar-refractivity contribution in [2.24, 2.45) is 0 Å². The van der Waals surface area contributed by atoms with Gasteiger partial charge in [-0.1, -0.05) is 30.3 Å². The molecule has 0 aliphatic carbocycles. The van der Waals surface area contributed by atoms with Gasteiger partial charge in [-0.05, 0) is 17.7 Å². The molecule has 0 aliphatic heterocycles. The Kier molecular flexibility index (Phi) is 4.32. The maximum Gasteiger partial charge on any atom is 0.331 e. The summed E-state index contributed by atoms with van der Waals surface area (Å²) in [6.07, 6.45) is 1.11. The second-order valence-corrected chi connectivity index (χ2v) is 5.73. The molecule has 2 aromatic rings. The van der Waals surface area contributed by atoms with E-state index in [1.807, 2.05) is 30.3 Å². The molecule has 0 atom stereocenters. The molecule has 1 heterocycles. The van der Waals surface area contributed by atoms with Crippen LogP contribution in [0.2, 0.25) is 0 Å². The van der Waals surface area contributed by atoms with Crippen molar-refractivity contribution in [2.75, 3.05) is 0 Å². The highest BCUT2D eigenvalue weighted by molar-refractivity contribution is 7.50. The van der Waals surface area contributed by atoms with Crippen molar-refractivity contribution in [3.05, 3.63) is 59.9 Å². The molecular formula is C13H14NO4P. The Bertz CT molecular complexity index is 565. The van der Waals surface area contributed by atoms with Gasteiger partial charge in [0.15, 0.2) is 0 Å². The number of ether oxygens (including phenoxy) is 1. The Hall–Kier alpha value is -1.68. The summed E-state index contributed by atoms with van der Waals surface area (Å²) in [5.74, 6) is 0.568. The summed E-state index contributed by atoms with van der Waals surface area (Å²) in [6, 6.07) is 12.9. The van der Waals surface area contributed by atoms with E-state index in [0.29, 0.717) is 18.1 Å². The maximum atomic E-state index is 10.8. The molecule has 19 heavy (non-hydrogen) atoms. The van der Waals surface area contributed by atoms with Gasteiger partial charge < -0.3 is 14.5 Å². The van der Waals surface area contributed by atoms with Crippen LogP contribution in [0.5, 0.6) is 5.75 Å². The van der Waals surface area contributed by atoms with E-state index in [1.54, 1.807) is 12.1 Å². The van der Waals surface area contributed by atoms with Gasteiger partial charge in [0.2, 0.25) is 0 Å². The Morgan fingerprint density at radius 2 is 1.84 bits per heavy atom. The van der Waals surface area contributed by atoms with E-state index in [-0.39, 0.29) is 6.16 Å². The van der Waals surface area contributed by atoms with Gasteiger partial charge in [0, 0.05) is 0 Å². The van der Waals surface area contributed by atoms with Crippen LogP contribution in [0.4, 0.5) is 0 Å². The minimum atomic E-state index is -4.07. The molecule has 6 heteroatoms.